The molecule has 3 rings (SSSR count). The van der Waals surface area contributed by atoms with Crippen molar-refractivity contribution in [2.75, 3.05) is 12.9 Å². The van der Waals surface area contributed by atoms with Crippen molar-refractivity contribution >= 4 is 23.6 Å². The van der Waals surface area contributed by atoms with Crippen LogP contribution in [0.15, 0.2) is 48.8 Å². The number of ether oxygens (including phenoxy) is 1. The first-order valence-corrected chi connectivity index (χ1v) is 8.02. The molecule has 6 nitrogen and oxygen atoms in total. The summed E-state index contributed by atoms with van der Waals surface area (Å²) in [5.41, 5.74) is 4.07. The first-order chi connectivity index (χ1) is 11.2. The topological polar surface area (TPSA) is 71.5 Å². The van der Waals surface area contributed by atoms with Crippen molar-refractivity contribution in [3.05, 3.63) is 59.9 Å². The lowest BCUT2D eigenvalue weighted by Crippen LogP contribution is -2.44. The Morgan fingerprint density at radius 1 is 1.26 bits per heavy atom. The van der Waals surface area contributed by atoms with Crippen molar-refractivity contribution < 1.29 is 14.3 Å². The normalized spacial score (nSPS) is 17.2. The number of aromatic nitrogens is 1. The van der Waals surface area contributed by atoms with E-state index in [1.165, 1.54) is 29.2 Å². The summed E-state index contributed by atoms with van der Waals surface area (Å²) in [7, 11) is 1.60. The second kappa shape index (κ2) is 6.70. The van der Waals surface area contributed by atoms with Gasteiger partial charge in [0.15, 0.2) is 0 Å². The highest BCUT2D eigenvalue weighted by Crippen LogP contribution is 2.37. The first kappa shape index (κ1) is 15.4. The number of carbonyl (C=O) groups excluding carboxylic acids is 2. The van der Waals surface area contributed by atoms with E-state index in [1.54, 1.807) is 19.2 Å². The molecular weight excluding hydrogens is 314 g/mol. The summed E-state index contributed by atoms with van der Waals surface area (Å²) in [6, 6.07) is 10.7. The van der Waals surface area contributed by atoms with Gasteiger partial charge in [-0.2, -0.15) is 0 Å². The second-order valence-corrected chi connectivity index (χ2v) is 5.95. The number of carbonyl (C=O) groups is 2. The molecule has 1 aliphatic heterocycles. The van der Waals surface area contributed by atoms with Crippen LogP contribution in [0.4, 0.5) is 0 Å². The van der Waals surface area contributed by atoms with E-state index in [1.807, 2.05) is 24.3 Å². The van der Waals surface area contributed by atoms with Crippen LogP contribution in [0.25, 0.3) is 0 Å². The molecule has 1 saturated heterocycles. The van der Waals surface area contributed by atoms with E-state index < -0.39 is 0 Å². The quantitative estimate of drug-likeness (QED) is 0.929. The van der Waals surface area contributed by atoms with Crippen molar-refractivity contribution in [2.45, 2.75) is 5.37 Å². The maximum absolute atomic E-state index is 12.3. The maximum Gasteiger partial charge on any atom is 0.270 e. The van der Waals surface area contributed by atoms with Gasteiger partial charge in [0.2, 0.25) is 0 Å². The van der Waals surface area contributed by atoms with Gasteiger partial charge in [0.1, 0.15) is 11.1 Å². The van der Waals surface area contributed by atoms with Crippen LogP contribution in [0, 0.1) is 0 Å². The minimum absolute atomic E-state index is 0.127. The molecule has 1 fully saturated rings. The van der Waals surface area contributed by atoms with Gasteiger partial charge in [0, 0.05) is 18.0 Å². The van der Waals surface area contributed by atoms with Crippen LogP contribution in [0.1, 0.15) is 21.3 Å². The summed E-state index contributed by atoms with van der Waals surface area (Å²) < 4.78 is 5.14. The molecule has 0 saturated carbocycles. The highest BCUT2D eigenvalue weighted by molar-refractivity contribution is 8.00. The Morgan fingerprint density at radius 3 is 2.61 bits per heavy atom. The minimum Gasteiger partial charge on any atom is -0.497 e. The van der Waals surface area contributed by atoms with E-state index in [-0.39, 0.29) is 17.2 Å². The zero-order valence-electron chi connectivity index (χ0n) is 12.4. The minimum atomic E-state index is -0.332. The number of thioether (sulfide) groups is 1. The molecule has 1 aromatic carbocycles. The third kappa shape index (κ3) is 3.29. The zero-order chi connectivity index (χ0) is 16.2. The van der Waals surface area contributed by atoms with Gasteiger partial charge < -0.3 is 4.74 Å². The van der Waals surface area contributed by atoms with Crippen LogP contribution in [0.2, 0.25) is 0 Å². The molecule has 2 heterocycles. The van der Waals surface area contributed by atoms with Crippen molar-refractivity contribution in [2.24, 2.45) is 0 Å². The lowest BCUT2D eigenvalue weighted by atomic mass is 10.2. The third-order valence-corrected chi connectivity index (χ3v) is 4.65. The average Bonchev–Trinajstić information content (AvgIpc) is 2.96. The number of methoxy groups -OCH3 is 1. The summed E-state index contributed by atoms with van der Waals surface area (Å²) in [6.07, 6.45) is 3.08. The van der Waals surface area contributed by atoms with Gasteiger partial charge in [-0.15, -0.1) is 11.8 Å². The van der Waals surface area contributed by atoms with E-state index in [2.05, 4.69) is 10.4 Å². The Bertz CT molecular complexity index is 706. The molecule has 1 aromatic heterocycles. The monoisotopic (exact) mass is 329 g/mol. The van der Waals surface area contributed by atoms with Crippen LogP contribution in [0.5, 0.6) is 5.75 Å². The number of hydrogen-bond donors (Lipinski definition) is 1. The Kier molecular flexibility index (Phi) is 4.47. The fourth-order valence-electron chi connectivity index (χ4n) is 2.24. The van der Waals surface area contributed by atoms with E-state index in [0.29, 0.717) is 11.3 Å². The standard InChI is InChI=1S/C16H15N3O3S/c1-22-13-4-2-12(3-5-13)16-19(14(20)10-23-16)18-15(21)11-6-8-17-9-7-11/h2-9,16H,10H2,1H3,(H,18,21)/t16-/m0/s1. The van der Waals surface area contributed by atoms with Gasteiger partial charge in [-0.3, -0.25) is 20.0 Å². The van der Waals surface area contributed by atoms with E-state index >= 15 is 0 Å². The molecule has 0 bridgehead atoms. The van der Waals surface area contributed by atoms with Gasteiger partial charge in [-0.1, -0.05) is 12.1 Å². The number of nitrogens with zero attached hydrogens (tertiary/aromatic N) is 2. The predicted octanol–water partition coefficient (Wildman–Crippen LogP) is 2.01. The molecule has 1 atom stereocenters. The largest absolute Gasteiger partial charge is 0.497 e. The van der Waals surface area contributed by atoms with Crippen molar-refractivity contribution in [1.82, 2.24) is 15.4 Å². The molecule has 7 heteroatoms. The van der Waals surface area contributed by atoms with Gasteiger partial charge in [-0.05, 0) is 29.8 Å². The van der Waals surface area contributed by atoms with Crippen molar-refractivity contribution in [1.29, 1.82) is 0 Å². The molecule has 2 amide bonds. The molecule has 0 radical (unpaired) electrons. The smallest absolute Gasteiger partial charge is 0.270 e. The number of rotatable bonds is 4. The fraction of sp³-hybridized carbons (Fsp3) is 0.188. The summed E-state index contributed by atoms with van der Waals surface area (Å²) in [5.74, 6) is 0.614. The summed E-state index contributed by atoms with van der Waals surface area (Å²) in [6.45, 7) is 0. The zero-order valence-corrected chi connectivity index (χ0v) is 13.2. The van der Waals surface area contributed by atoms with Gasteiger partial charge in [0.05, 0.1) is 12.9 Å². The molecule has 0 aliphatic carbocycles. The maximum atomic E-state index is 12.3. The lowest BCUT2D eigenvalue weighted by Gasteiger charge is -2.24. The number of hydrazine groups is 1. The molecule has 118 valence electrons. The highest BCUT2D eigenvalue weighted by Gasteiger charge is 2.34. The van der Waals surface area contributed by atoms with Crippen molar-refractivity contribution in [3.8, 4) is 5.75 Å². The van der Waals surface area contributed by atoms with E-state index in [4.69, 9.17) is 4.74 Å². The van der Waals surface area contributed by atoms with Crippen LogP contribution in [-0.2, 0) is 4.79 Å². The molecule has 0 spiro atoms. The Labute approximate surface area is 137 Å². The third-order valence-electron chi connectivity index (χ3n) is 3.43. The van der Waals surface area contributed by atoms with Crippen LogP contribution in [0.3, 0.4) is 0 Å². The van der Waals surface area contributed by atoms with E-state index in [9.17, 15) is 9.59 Å². The Hall–Kier alpha value is -2.54. The summed E-state index contributed by atoms with van der Waals surface area (Å²) >= 11 is 1.47. The number of amides is 2. The molecule has 1 N–H and O–H groups in total. The predicted molar refractivity (Wildman–Crippen MR) is 86.7 cm³/mol. The van der Waals surface area contributed by atoms with Crippen LogP contribution >= 0.6 is 11.8 Å². The van der Waals surface area contributed by atoms with Gasteiger partial charge in [-0.25, -0.2) is 5.01 Å². The number of benzene rings is 1. The van der Waals surface area contributed by atoms with Gasteiger partial charge in [0.25, 0.3) is 11.8 Å². The number of nitrogens with one attached hydrogen (secondary N) is 1. The Balaban J connectivity index is 1.78. The van der Waals surface area contributed by atoms with Crippen LogP contribution < -0.4 is 10.2 Å². The first-order valence-electron chi connectivity index (χ1n) is 6.97. The molecular formula is C16H15N3O3S. The molecule has 0 unspecified atom stereocenters. The Morgan fingerprint density at radius 2 is 1.96 bits per heavy atom. The second-order valence-electron chi connectivity index (χ2n) is 4.88. The number of hydrogen-bond acceptors (Lipinski definition) is 5. The highest BCUT2D eigenvalue weighted by atomic mass is 32.2. The SMILES string of the molecule is COc1ccc([C@@H]2SCC(=O)N2NC(=O)c2ccncc2)cc1. The number of pyridine rings is 1. The average molecular weight is 329 g/mol. The molecule has 2 aromatic rings. The summed E-state index contributed by atoms with van der Waals surface area (Å²) in [4.78, 5) is 28.2. The summed E-state index contributed by atoms with van der Waals surface area (Å²) in [5, 5.41) is 1.13. The van der Waals surface area contributed by atoms with Crippen molar-refractivity contribution in [3.63, 3.8) is 0 Å². The lowest BCUT2D eigenvalue weighted by molar-refractivity contribution is -0.130. The molecule has 23 heavy (non-hydrogen) atoms. The van der Waals surface area contributed by atoms with Gasteiger partial charge >= 0.3 is 0 Å². The molecule has 1 aliphatic rings. The fourth-order valence-corrected chi connectivity index (χ4v) is 3.35. The van der Waals surface area contributed by atoms with E-state index in [0.717, 1.165) is 11.3 Å². The van der Waals surface area contributed by atoms with Crippen LogP contribution in [-0.4, -0.2) is 34.7 Å².